The maximum absolute atomic E-state index is 15.6. The molecule has 0 unspecified atom stereocenters. The smallest absolute Gasteiger partial charge is 0.243 e. The number of nitrogens with one attached hydrogen (secondary N) is 2. The number of carbonyl (C=O) groups is 2. The van der Waals surface area contributed by atoms with Crippen molar-refractivity contribution in [2.45, 2.75) is 107 Å². The zero-order valence-electron chi connectivity index (χ0n) is 25.7. The van der Waals surface area contributed by atoms with Crippen LogP contribution in [0.5, 0.6) is 5.75 Å². The van der Waals surface area contributed by atoms with Crippen LogP contribution < -0.4 is 14.8 Å². The predicted molar refractivity (Wildman–Crippen MR) is 164 cm³/mol. The monoisotopic (exact) mass is 628 g/mol. The van der Waals surface area contributed by atoms with E-state index < -0.39 is 27.0 Å². The number of hydrogen-bond acceptors (Lipinski definition) is 6. The van der Waals surface area contributed by atoms with Gasteiger partial charge in [0.2, 0.25) is 15.9 Å². The summed E-state index contributed by atoms with van der Waals surface area (Å²) < 4.78 is 63.1. The van der Waals surface area contributed by atoms with Crippen molar-refractivity contribution >= 4 is 21.7 Å². The van der Waals surface area contributed by atoms with E-state index in [4.69, 9.17) is 4.74 Å². The summed E-state index contributed by atoms with van der Waals surface area (Å²) >= 11 is 0. The fourth-order valence-corrected chi connectivity index (χ4v) is 7.90. The van der Waals surface area contributed by atoms with Crippen molar-refractivity contribution < 1.29 is 31.5 Å². The lowest BCUT2D eigenvalue weighted by Gasteiger charge is -2.38. The molecule has 3 atom stereocenters. The number of rotatable bonds is 10. The third-order valence-electron chi connectivity index (χ3n) is 10.3. The van der Waals surface area contributed by atoms with Crippen LogP contribution in [-0.4, -0.2) is 50.2 Å². The summed E-state index contributed by atoms with van der Waals surface area (Å²) in [6.07, 6.45) is 7.99. The second-order valence-electron chi connectivity index (χ2n) is 14.2. The number of carbonyl (C=O) groups excluding carboxylic acids is 2. The van der Waals surface area contributed by atoms with Gasteiger partial charge in [0.1, 0.15) is 11.6 Å². The Morgan fingerprint density at radius 2 is 1.84 bits per heavy atom. The van der Waals surface area contributed by atoms with Gasteiger partial charge in [-0.25, -0.2) is 17.2 Å². The van der Waals surface area contributed by atoms with E-state index in [1.807, 2.05) is 6.07 Å². The van der Waals surface area contributed by atoms with Gasteiger partial charge in [-0.1, -0.05) is 18.2 Å². The second kappa shape index (κ2) is 11.2. The van der Waals surface area contributed by atoms with Crippen molar-refractivity contribution in [2.24, 2.45) is 5.92 Å². The Kier molecular flexibility index (Phi) is 7.92. The van der Waals surface area contributed by atoms with Crippen molar-refractivity contribution in [1.82, 2.24) is 10.0 Å². The van der Waals surface area contributed by atoms with Gasteiger partial charge in [0.25, 0.3) is 0 Å². The fourth-order valence-electron chi connectivity index (χ4n) is 7.31. The lowest BCUT2D eigenvalue weighted by atomic mass is 9.73. The summed E-state index contributed by atoms with van der Waals surface area (Å²) in [7, 11) is -3.77. The van der Waals surface area contributed by atoms with Crippen LogP contribution in [0.25, 0.3) is 11.1 Å². The largest absolute Gasteiger partial charge is 0.490 e. The Hall–Kier alpha value is -2.85. The number of benzene rings is 2. The number of ether oxygens (including phenoxy) is 1. The van der Waals surface area contributed by atoms with Crippen molar-refractivity contribution in [3.63, 3.8) is 0 Å². The molecule has 44 heavy (non-hydrogen) atoms. The molecule has 1 aliphatic heterocycles. The lowest BCUT2D eigenvalue weighted by Crippen LogP contribution is -2.46. The van der Waals surface area contributed by atoms with Gasteiger partial charge in [0.05, 0.1) is 17.8 Å². The summed E-state index contributed by atoms with van der Waals surface area (Å²) in [4.78, 5) is 26.1. The minimum atomic E-state index is -3.77. The van der Waals surface area contributed by atoms with Gasteiger partial charge in [0.15, 0.2) is 11.5 Å². The molecule has 2 aromatic rings. The van der Waals surface area contributed by atoms with E-state index >= 15 is 8.78 Å². The molecular formula is C34H42F2N2O5S. The fraction of sp³-hybridized carbons (Fsp3) is 0.588. The molecule has 10 heteroatoms. The zero-order valence-corrected chi connectivity index (χ0v) is 26.5. The average molecular weight is 629 g/mol. The van der Waals surface area contributed by atoms with Gasteiger partial charge in [-0.3, -0.25) is 14.3 Å². The van der Waals surface area contributed by atoms with Crippen LogP contribution in [0.2, 0.25) is 0 Å². The van der Waals surface area contributed by atoms with Crippen molar-refractivity contribution in [3.8, 4) is 16.9 Å². The van der Waals surface area contributed by atoms with E-state index in [2.05, 4.69) is 10.0 Å². The van der Waals surface area contributed by atoms with Gasteiger partial charge in [-0.05, 0) is 112 Å². The zero-order chi connectivity index (χ0) is 31.5. The topological polar surface area (TPSA) is 102 Å². The summed E-state index contributed by atoms with van der Waals surface area (Å²) in [5.41, 5.74) is -0.701. The Balaban J connectivity index is 1.24. The van der Waals surface area contributed by atoms with Crippen molar-refractivity contribution in [1.29, 1.82) is 0 Å². The first-order chi connectivity index (χ1) is 20.7. The van der Waals surface area contributed by atoms with Crippen LogP contribution in [0.15, 0.2) is 36.4 Å². The van der Waals surface area contributed by atoms with Gasteiger partial charge in [0, 0.05) is 30.5 Å². The number of hydrogen-bond donors (Lipinski definition) is 2. The Bertz CT molecular complexity index is 1580. The van der Waals surface area contributed by atoms with Crippen molar-refractivity contribution in [3.05, 3.63) is 53.3 Å². The minimum absolute atomic E-state index is 0.0237. The summed E-state index contributed by atoms with van der Waals surface area (Å²) in [6, 6.07) is 10.3. The van der Waals surface area contributed by atoms with Crippen LogP contribution in [-0.2, 0) is 25.0 Å². The van der Waals surface area contributed by atoms with Gasteiger partial charge < -0.3 is 10.1 Å². The SMILES string of the molecule is CC(C)(C(=O)NS(C)(=O)=O)c1ccc(O[C@@H]2CC[C@@H](CC(=O)[C@]3(F)CNC4(CCC4)C3)C2)c(-c2cccc(F)c2C2CC2)c1. The molecule has 238 valence electrons. The normalized spacial score (nSPS) is 26.4. The Labute approximate surface area is 258 Å². The molecule has 0 radical (unpaired) electrons. The molecule has 0 aromatic heterocycles. The Morgan fingerprint density at radius 3 is 2.48 bits per heavy atom. The second-order valence-corrected chi connectivity index (χ2v) is 15.9. The van der Waals surface area contributed by atoms with E-state index in [9.17, 15) is 18.0 Å². The molecule has 7 nitrogen and oxygen atoms in total. The summed E-state index contributed by atoms with van der Waals surface area (Å²) in [5, 5.41) is 3.28. The number of halogens is 2. The third kappa shape index (κ3) is 6.16. The molecule has 3 aliphatic carbocycles. The molecule has 2 N–H and O–H groups in total. The van der Waals surface area contributed by atoms with Gasteiger partial charge >= 0.3 is 0 Å². The average Bonchev–Trinajstić information content (AvgIpc) is 3.55. The number of amides is 1. The highest BCUT2D eigenvalue weighted by Gasteiger charge is 2.55. The highest BCUT2D eigenvalue weighted by Crippen LogP contribution is 2.49. The maximum atomic E-state index is 15.6. The molecule has 4 aliphatic rings. The first-order valence-electron chi connectivity index (χ1n) is 15.8. The molecule has 6 rings (SSSR count). The highest BCUT2D eigenvalue weighted by atomic mass is 32.2. The maximum Gasteiger partial charge on any atom is 0.243 e. The molecule has 0 bridgehead atoms. The van der Waals surface area contributed by atoms with Crippen LogP contribution in [0.4, 0.5) is 8.78 Å². The quantitative estimate of drug-likeness (QED) is 0.342. The number of ketones is 1. The van der Waals surface area contributed by atoms with Gasteiger partial charge in [-0.15, -0.1) is 0 Å². The molecule has 1 spiro atoms. The molecular weight excluding hydrogens is 586 g/mol. The van der Waals surface area contributed by atoms with Crippen LogP contribution in [0, 0.1) is 11.7 Å². The molecule has 2 aromatic carbocycles. The third-order valence-corrected chi connectivity index (χ3v) is 10.9. The van der Waals surface area contributed by atoms with E-state index in [0.717, 1.165) is 44.8 Å². The predicted octanol–water partition coefficient (Wildman–Crippen LogP) is 5.85. The molecule has 4 fully saturated rings. The Morgan fingerprint density at radius 1 is 1.09 bits per heavy atom. The first-order valence-corrected chi connectivity index (χ1v) is 17.7. The molecule has 1 saturated heterocycles. The lowest BCUT2D eigenvalue weighted by molar-refractivity contribution is -0.131. The summed E-state index contributed by atoms with van der Waals surface area (Å²) in [6.45, 7) is 3.39. The minimum Gasteiger partial charge on any atom is -0.490 e. The van der Waals surface area contributed by atoms with E-state index in [0.29, 0.717) is 40.8 Å². The first kappa shape index (κ1) is 31.1. The molecule has 1 heterocycles. The molecule has 1 amide bonds. The summed E-state index contributed by atoms with van der Waals surface area (Å²) in [5.74, 6) is -0.616. The number of sulfonamides is 1. The van der Waals surface area contributed by atoms with Crippen LogP contribution in [0.3, 0.4) is 0 Å². The van der Waals surface area contributed by atoms with E-state index in [1.54, 1.807) is 38.1 Å². The van der Waals surface area contributed by atoms with E-state index in [1.165, 1.54) is 6.07 Å². The number of Topliss-reactive ketones (excluding diaryl/α,β-unsaturated/α-hetero) is 1. The van der Waals surface area contributed by atoms with Crippen LogP contribution in [0.1, 0.15) is 95.1 Å². The molecule has 3 saturated carbocycles. The van der Waals surface area contributed by atoms with Crippen LogP contribution >= 0.6 is 0 Å². The van der Waals surface area contributed by atoms with Gasteiger partial charge in [-0.2, -0.15) is 0 Å². The number of alkyl halides is 1. The standard InChI is InChI=1S/C34H42F2N2O5S/c1-32(2,31(40)38-44(3,41)42)23-11-13-28(26(18-23)25-6-4-7-27(35)30(25)22-9-10-22)43-24-12-8-21(16-24)17-29(39)34(36)19-33(37-20-34)14-5-15-33/h4,6-7,11,13,18,21-22,24,37H,5,8-10,12,14-17,19-20H2,1-3H3,(H,38,40)/t21-,24-,34-/m1/s1. The van der Waals surface area contributed by atoms with Crippen molar-refractivity contribution in [2.75, 3.05) is 12.8 Å². The highest BCUT2D eigenvalue weighted by molar-refractivity contribution is 7.89. The van der Waals surface area contributed by atoms with E-state index in [-0.39, 0.29) is 54.5 Å².